The molecule has 2 aromatic rings. The van der Waals surface area contributed by atoms with Crippen LogP contribution in [0.25, 0.3) is 0 Å². The van der Waals surface area contributed by atoms with Crippen molar-refractivity contribution in [3.63, 3.8) is 0 Å². The van der Waals surface area contributed by atoms with Crippen molar-refractivity contribution in [3.05, 3.63) is 42.2 Å². The number of hydrogen-bond donors (Lipinski definition) is 1. The van der Waals surface area contributed by atoms with E-state index in [0.717, 1.165) is 17.9 Å². The van der Waals surface area contributed by atoms with Crippen molar-refractivity contribution >= 4 is 0 Å². The molecule has 0 saturated heterocycles. The van der Waals surface area contributed by atoms with Crippen LogP contribution >= 0.6 is 0 Å². The van der Waals surface area contributed by atoms with Crippen molar-refractivity contribution in [2.75, 3.05) is 0 Å². The van der Waals surface area contributed by atoms with Crippen molar-refractivity contribution in [3.8, 4) is 0 Å². The van der Waals surface area contributed by atoms with Crippen molar-refractivity contribution in [2.24, 2.45) is 5.73 Å². The molecule has 2 rings (SSSR count). The van der Waals surface area contributed by atoms with Gasteiger partial charge in [-0.05, 0) is 18.6 Å². The van der Waals surface area contributed by atoms with E-state index in [1.807, 2.05) is 23.7 Å². The second kappa shape index (κ2) is 4.85. The van der Waals surface area contributed by atoms with Crippen LogP contribution < -0.4 is 5.73 Å². The molecule has 1 atom stereocenters. The summed E-state index contributed by atoms with van der Waals surface area (Å²) in [5.74, 6) is 0.916. The van der Waals surface area contributed by atoms with Gasteiger partial charge in [0, 0.05) is 31.4 Å². The van der Waals surface area contributed by atoms with Crippen LogP contribution in [0.3, 0.4) is 0 Å². The largest absolute Gasteiger partial charge is 0.324 e. The number of nitrogens with two attached hydrogens (primary N) is 1. The lowest BCUT2D eigenvalue weighted by Crippen LogP contribution is -2.17. The molecule has 0 aromatic carbocycles. The molecule has 0 spiro atoms. The smallest absolute Gasteiger partial charge is 0.138 e. The van der Waals surface area contributed by atoms with Crippen LogP contribution in [0, 0.1) is 0 Å². The maximum absolute atomic E-state index is 6.09. The quantitative estimate of drug-likeness (QED) is 0.827. The van der Waals surface area contributed by atoms with Gasteiger partial charge in [-0.3, -0.25) is 9.67 Å². The van der Waals surface area contributed by atoms with Crippen LogP contribution in [-0.2, 0) is 13.0 Å². The van der Waals surface area contributed by atoms with E-state index in [0.29, 0.717) is 6.42 Å². The molecule has 0 amide bonds. The van der Waals surface area contributed by atoms with Crippen molar-refractivity contribution in [2.45, 2.75) is 25.9 Å². The summed E-state index contributed by atoms with van der Waals surface area (Å²) in [6, 6.07) is 3.78. The van der Waals surface area contributed by atoms with Crippen LogP contribution in [0.4, 0.5) is 0 Å². The molecular formula is C11H15N5. The Balaban J connectivity index is 2.11. The number of pyridine rings is 1. The normalized spacial score (nSPS) is 12.6. The second-order valence-corrected chi connectivity index (χ2v) is 3.59. The summed E-state index contributed by atoms with van der Waals surface area (Å²) < 4.78 is 1.86. The topological polar surface area (TPSA) is 69.6 Å². The van der Waals surface area contributed by atoms with Crippen LogP contribution in [0.5, 0.6) is 0 Å². The lowest BCUT2D eigenvalue weighted by Gasteiger charge is -2.11. The lowest BCUT2D eigenvalue weighted by atomic mass is 10.1. The SMILES string of the molecule is CCn1ncnc1CC(N)c1cccnc1. The monoisotopic (exact) mass is 217 g/mol. The number of aryl methyl sites for hydroxylation is 1. The molecule has 1 unspecified atom stereocenters. The van der Waals surface area contributed by atoms with Gasteiger partial charge < -0.3 is 5.73 Å². The van der Waals surface area contributed by atoms with Crippen LogP contribution in [-0.4, -0.2) is 19.7 Å². The van der Waals surface area contributed by atoms with E-state index in [4.69, 9.17) is 5.73 Å². The maximum atomic E-state index is 6.09. The first-order chi connectivity index (χ1) is 7.81. The van der Waals surface area contributed by atoms with Crippen LogP contribution in [0.2, 0.25) is 0 Å². The Bertz CT molecular complexity index is 437. The van der Waals surface area contributed by atoms with Crippen LogP contribution in [0.15, 0.2) is 30.9 Å². The van der Waals surface area contributed by atoms with Gasteiger partial charge in [0.05, 0.1) is 0 Å². The van der Waals surface area contributed by atoms with E-state index in [9.17, 15) is 0 Å². The Kier molecular flexibility index (Phi) is 3.26. The van der Waals surface area contributed by atoms with Gasteiger partial charge in [0.25, 0.3) is 0 Å². The molecule has 0 bridgehead atoms. The molecule has 5 nitrogen and oxygen atoms in total. The third kappa shape index (κ3) is 2.25. The lowest BCUT2D eigenvalue weighted by molar-refractivity contribution is 0.580. The fourth-order valence-electron chi connectivity index (χ4n) is 1.62. The molecule has 2 N–H and O–H groups in total. The molecule has 0 aliphatic heterocycles. The van der Waals surface area contributed by atoms with Gasteiger partial charge >= 0.3 is 0 Å². The van der Waals surface area contributed by atoms with Gasteiger partial charge in [-0.2, -0.15) is 5.10 Å². The minimum atomic E-state index is -0.0804. The zero-order valence-corrected chi connectivity index (χ0v) is 9.24. The average Bonchev–Trinajstić information content (AvgIpc) is 2.77. The highest BCUT2D eigenvalue weighted by Crippen LogP contribution is 2.13. The summed E-state index contributed by atoms with van der Waals surface area (Å²) in [7, 11) is 0. The van der Waals surface area contributed by atoms with Gasteiger partial charge in [0.2, 0.25) is 0 Å². The molecule has 5 heteroatoms. The molecule has 0 aliphatic rings. The van der Waals surface area contributed by atoms with E-state index < -0.39 is 0 Å². The first-order valence-corrected chi connectivity index (χ1v) is 5.33. The molecule has 16 heavy (non-hydrogen) atoms. The molecule has 2 aromatic heterocycles. The Morgan fingerprint density at radius 1 is 1.50 bits per heavy atom. The summed E-state index contributed by atoms with van der Waals surface area (Å²) in [6.07, 6.45) is 5.77. The van der Waals surface area contributed by atoms with Crippen molar-refractivity contribution in [1.82, 2.24) is 19.7 Å². The zero-order chi connectivity index (χ0) is 11.4. The van der Waals surface area contributed by atoms with Gasteiger partial charge in [0.15, 0.2) is 0 Å². The standard InChI is InChI=1S/C11H15N5/c1-2-16-11(14-8-15-16)6-10(12)9-4-3-5-13-7-9/h3-5,7-8,10H,2,6,12H2,1H3. The summed E-state index contributed by atoms with van der Waals surface area (Å²) in [5.41, 5.74) is 7.11. The molecule has 0 aliphatic carbocycles. The van der Waals surface area contributed by atoms with Gasteiger partial charge in [-0.15, -0.1) is 0 Å². The third-order valence-corrected chi connectivity index (χ3v) is 2.51. The van der Waals surface area contributed by atoms with Crippen molar-refractivity contribution < 1.29 is 0 Å². The fourth-order valence-corrected chi connectivity index (χ4v) is 1.62. The van der Waals surface area contributed by atoms with Crippen LogP contribution in [0.1, 0.15) is 24.4 Å². The minimum absolute atomic E-state index is 0.0804. The Labute approximate surface area is 94.3 Å². The second-order valence-electron chi connectivity index (χ2n) is 3.59. The minimum Gasteiger partial charge on any atom is -0.324 e. The first-order valence-electron chi connectivity index (χ1n) is 5.33. The van der Waals surface area contributed by atoms with Gasteiger partial charge in [-0.1, -0.05) is 6.07 Å². The molecule has 0 saturated carbocycles. The molecular weight excluding hydrogens is 202 g/mol. The van der Waals surface area contributed by atoms with E-state index in [1.54, 1.807) is 18.7 Å². The molecule has 0 radical (unpaired) electrons. The molecule has 84 valence electrons. The number of aromatic nitrogens is 4. The summed E-state index contributed by atoms with van der Waals surface area (Å²) >= 11 is 0. The fraction of sp³-hybridized carbons (Fsp3) is 0.364. The molecule has 0 fully saturated rings. The number of hydrogen-bond acceptors (Lipinski definition) is 4. The maximum Gasteiger partial charge on any atom is 0.138 e. The Hall–Kier alpha value is -1.75. The predicted molar refractivity (Wildman–Crippen MR) is 60.6 cm³/mol. The summed E-state index contributed by atoms with van der Waals surface area (Å²) in [5, 5.41) is 4.12. The van der Waals surface area contributed by atoms with E-state index in [2.05, 4.69) is 15.1 Å². The first kappa shape index (κ1) is 10.8. The van der Waals surface area contributed by atoms with E-state index in [1.165, 1.54) is 0 Å². The predicted octanol–water partition coefficient (Wildman–Crippen LogP) is 0.935. The number of rotatable bonds is 4. The highest BCUT2D eigenvalue weighted by Gasteiger charge is 2.11. The van der Waals surface area contributed by atoms with Gasteiger partial charge in [0.1, 0.15) is 12.2 Å². The summed E-state index contributed by atoms with van der Waals surface area (Å²) in [6.45, 7) is 2.85. The highest BCUT2D eigenvalue weighted by molar-refractivity contribution is 5.14. The van der Waals surface area contributed by atoms with E-state index in [-0.39, 0.29) is 6.04 Å². The highest BCUT2D eigenvalue weighted by atomic mass is 15.3. The average molecular weight is 217 g/mol. The Morgan fingerprint density at radius 2 is 2.38 bits per heavy atom. The van der Waals surface area contributed by atoms with Gasteiger partial charge in [-0.25, -0.2) is 4.98 Å². The molecule has 2 heterocycles. The zero-order valence-electron chi connectivity index (χ0n) is 9.24. The Morgan fingerprint density at radius 3 is 3.06 bits per heavy atom. The summed E-state index contributed by atoms with van der Waals surface area (Å²) in [4.78, 5) is 8.26. The third-order valence-electron chi connectivity index (χ3n) is 2.51. The van der Waals surface area contributed by atoms with E-state index >= 15 is 0 Å². The number of nitrogens with zero attached hydrogens (tertiary/aromatic N) is 4. The van der Waals surface area contributed by atoms with Crippen molar-refractivity contribution in [1.29, 1.82) is 0 Å².